The van der Waals surface area contributed by atoms with Gasteiger partial charge in [0.1, 0.15) is 0 Å². The number of hydrogen-bond donors (Lipinski definition) is 2. The summed E-state index contributed by atoms with van der Waals surface area (Å²) < 4.78 is 0. The highest BCUT2D eigenvalue weighted by Gasteiger charge is 2.08. The zero-order valence-corrected chi connectivity index (χ0v) is 7.61. The summed E-state index contributed by atoms with van der Waals surface area (Å²) in [6, 6.07) is 0.208. The Balaban J connectivity index is 2.73. The number of nitrogens with zero attached hydrogens (tertiary/aromatic N) is 1. The second-order valence-corrected chi connectivity index (χ2v) is 3.48. The van der Waals surface area contributed by atoms with Crippen molar-refractivity contribution < 1.29 is 0 Å². The van der Waals surface area contributed by atoms with E-state index in [9.17, 15) is 0 Å². The van der Waals surface area contributed by atoms with Gasteiger partial charge in [-0.2, -0.15) is 0 Å². The fourth-order valence-electron chi connectivity index (χ4n) is 0.953. The van der Waals surface area contributed by atoms with Crippen molar-refractivity contribution in [3.05, 3.63) is 16.1 Å². The standard InChI is InChI=1S/C7H13N3S/c1-3-6(10-8)7-4-11-5(2)9-7/h4,6,10H,3,8H2,1-2H3. The molecule has 0 radical (unpaired) electrons. The average molecular weight is 171 g/mol. The van der Waals surface area contributed by atoms with Crippen LogP contribution in [0, 0.1) is 6.92 Å². The average Bonchev–Trinajstić information content (AvgIpc) is 2.39. The van der Waals surface area contributed by atoms with Crippen molar-refractivity contribution in [2.75, 3.05) is 0 Å². The Morgan fingerprint density at radius 3 is 2.91 bits per heavy atom. The molecule has 1 heterocycles. The summed E-state index contributed by atoms with van der Waals surface area (Å²) in [5.41, 5.74) is 3.78. The van der Waals surface area contributed by atoms with Crippen LogP contribution in [0.2, 0.25) is 0 Å². The maximum absolute atomic E-state index is 5.34. The lowest BCUT2D eigenvalue weighted by molar-refractivity contribution is 0.528. The topological polar surface area (TPSA) is 50.9 Å². The molecule has 1 rings (SSSR count). The van der Waals surface area contributed by atoms with Gasteiger partial charge in [0.15, 0.2) is 0 Å². The van der Waals surface area contributed by atoms with Crippen molar-refractivity contribution in [3.8, 4) is 0 Å². The number of hydrogen-bond acceptors (Lipinski definition) is 4. The highest BCUT2D eigenvalue weighted by molar-refractivity contribution is 7.09. The molecule has 1 unspecified atom stereocenters. The van der Waals surface area contributed by atoms with E-state index >= 15 is 0 Å². The zero-order valence-electron chi connectivity index (χ0n) is 6.79. The monoisotopic (exact) mass is 171 g/mol. The molecule has 0 aromatic carbocycles. The minimum absolute atomic E-state index is 0.208. The maximum Gasteiger partial charge on any atom is 0.0898 e. The molecule has 0 fully saturated rings. The molecule has 0 saturated heterocycles. The van der Waals surface area contributed by atoms with Gasteiger partial charge in [-0.3, -0.25) is 11.3 Å². The first-order chi connectivity index (χ1) is 5.27. The summed E-state index contributed by atoms with van der Waals surface area (Å²) >= 11 is 1.66. The predicted octanol–water partition coefficient (Wildman–Crippen LogP) is 1.37. The third kappa shape index (κ3) is 1.99. The predicted molar refractivity (Wildman–Crippen MR) is 47.2 cm³/mol. The minimum Gasteiger partial charge on any atom is -0.271 e. The minimum atomic E-state index is 0.208. The molecule has 1 atom stereocenters. The fourth-order valence-corrected chi connectivity index (χ4v) is 1.62. The third-order valence-corrected chi connectivity index (χ3v) is 2.39. The normalized spacial score (nSPS) is 13.4. The summed E-state index contributed by atoms with van der Waals surface area (Å²) in [6.07, 6.45) is 0.972. The van der Waals surface area contributed by atoms with Crippen LogP contribution in [0.3, 0.4) is 0 Å². The Hall–Kier alpha value is -0.450. The van der Waals surface area contributed by atoms with E-state index in [1.165, 1.54) is 0 Å². The van der Waals surface area contributed by atoms with E-state index in [0.29, 0.717) is 0 Å². The molecule has 1 aromatic heterocycles. The first-order valence-corrected chi connectivity index (χ1v) is 4.54. The van der Waals surface area contributed by atoms with Crippen molar-refractivity contribution >= 4 is 11.3 Å². The van der Waals surface area contributed by atoms with Gasteiger partial charge in [0.05, 0.1) is 16.7 Å². The molecule has 4 heteroatoms. The number of nitrogens with two attached hydrogens (primary N) is 1. The van der Waals surface area contributed by atoms with Gasteiger partial charge < -0.3 is 0 Å². The molecular formula is C7H13N3S. The van der Waals surface area contributed by atoms with Gasteiger partial charge >= 0.3 is 0 Å². The lowest BCUT2D eigenvalue weighted by Gasteiger charge is -2.09. The van der Waals surface area contributed by atoms with E-state index in [0.717, 1.165) is 17.1 Å². The van der Waals surface area contributed by atoms with E-state index in [2.05, 4.69) is 17.3 Å². The largest absolute Gasteiger partial charge is 0.271 e. The Labute approximate surface area is 70.6 Å². The zero-order chi connectivity index (χ0) is 8.27. The van der Waals surface area contributed by atoms with Crippen LogP contribution >= 0.6 is 11.3 Å². The lowest BCUT2D eigenvalue weighted by Crippen LogP contribution is -2.27. The molecule has 1 aromatic rings. The number of rotatable bonds is 3. The molecule has 3 nitrogen and oxygen atoms in total. The Kier molecular flexibility index (Phi) is 2.99. The Bertz CT molecular complexity index is 217. The van der Waals surface area contributed by atoms with Crippen LogP contribution in [-0.4, -0.2) is 4.98 Å². The van der Waals surface area contributed by atoms with Gasteiger partial charge in [-0.25, -0.2) is 4.98 Å². The highest BCUT2D eigenvalue weighted by atomic mass is 32.1. The van der Waals surface area contributed by atoms with Gasteiger partial charge in [0, 0.05) is 5.38 Å². The van der Waals surface area contributed by atoms with Crippen molar-refractivity contribution in [1.29, 1.82) is 0 Å². The van der Waals surface area contributed by atoms with E-state index in [4.69, 9.17) is 5.84 Å². The molecule has 0 aliphatic rings. The maximum atomic E-state index is 5.34. The van der Waals surface area contributed by atoms with Gasteiger partial charge in [-0.1, -0.05) is 6.92 Å². The van der Waals surface area contributed by atoms with Crippen molar-refractivity contribution in [1.82, 2.24) is 10.4 Å². The Morgan fingerprint density at radius 2 is 2.55 bits per heavy atom. The first kappa shape index (κ1) is 8.64. The molecule has 0 aliphatic carbocycles. The van der Waals surface area contributed by atoms with Gasteiger partial charge in [-0.15, -0.1) is 11.3 Å². The van der Waals surface area contributed by atoms with E-state index in [1.54, 1.807) is 11.3 Å². The molecule has 0 saturated carbocycles. The van der Waals surface area contributed by atoms with E-state index < -0.39 is 0 Å². The number of thiazole rings is 1. The van der Waals surface area contributed by atoms with Crippen LogP contribution < -0.4 is 11.3 Å². The molecule has 0 bridgehead atoms. The van der Waals surface area contributed by atoms with Crippen molar-refractivity contribution in [2.24, 2.45) is 5.84 Å². The van der Waals surface area contributed by atoms with Gasteiger partial charge in [0.2, 0.25) is 0 Å². The van der Waals surface area contributed by atoms with Crippen LogP contribution in [0.25, 0.3) is 0 Å². The summed E-state index contributed by atoms with van der Waals surface area (Å²) in [7, 11) is 0. The molecular weight excluding hydrogens is 158 g/mol. The van der Waals surface area contributed by atoms with Crippen molar-refractivity contribution in [2.45, 2.75) is 26.3 Å². The fraction of sp³-hybridized carbons (Fsp3) is 0.571. The molecule has 3 N–H and O–H groups in total. The summed E-state index contributed by atoms with van der Waals surface area (Å²) in [5.74, 6) is 5.34. The quantitative estimate of drug-likeness (QED) is 0.533. The van der Waals surface area contributed by atoms with Crippen LogP contribution in [0.1, 0.15) is 30.1 Å². The van der Waals surface area contributed by atoms with Crippen LogP contribution in [0.5, 0.6) is 0 Å². The number of aromatic nitrogens is 1. The summed E-state index contributed by atoms with van der Waals surface area (Å²) in [6.45, 7) is 4.08. The number of hydrazine groups is 1. The molecule has 0 spiro atoms. The van der Waals surface area contributed by atoms with E-state index in [1.807, 2.05) is 12.3 Å². The first-order valence-electron chi connectivity index (χ1n) is 3.66. The third-order valence-electron chi connectivity index (χ3n) is 1.60. The lowest BCUT2D eigenvalue weighted by atomic mass is 10.2. The summed E-state index contributed by atoms with van der Waals surface area (Å²) in [4.78, 5) is 4.33. The molecule has 0 aliphatic heterocycles. The molecule has 62 valence electrons. The SMILES string of the molecule is CCC(NN)c1csc(C)n1. The second kappa shape index (κ2) is 3.80. The smallest absolute Gasteiger partial charge is 0.0898 e. The van der Waals surface area contributed by atoms with Crippen LogP contribution in [0.15, 0.2) is 5.38 Å². The number of nitrogens with one attached hydrogen (secondary N) is 1. The van der Waals surface area contributed by atoms with Crippen molar-refractivity contribution in [3.63, 3.8) is 0 Å². The van der Waals surface area contributed by atoms with Gasteiger partial charge in [-0.05, 0) is 13.3 Å². The van der Waals surface area contributed by atoms with Crippen LogP contribution in [-0.2, 0) is 0 Å². The van der Waals surface area contributed by atoms with E-state index in [-0.39, 0.29) is 6.04 Å². The van der Waals surface area contributed by atoms with Gasteiger partial charge in [0.25, 0.3) is 0 Å². The molecule has 11 heavy (non-hydrogen) atoms. The molecule has 0 amide bonds. The Morgan fingerprint density at radius 1 is 1.82 bits per heavy atom. The highest BCUT2D eigenvalue weighted by Crippen LogP contribution is 2.17. The summed E-state index contributed by atoms with van der Waals surface area (Å²) in [5, 5.41) is 3.14. The second-order valence-electron chi connectivity index (χ2n) is 2.42. The number of aryl methyl sites for hydroxylation is 1. The van der Waals surface area contributed by atoms with Crippen LogP contribution in [0.4, 0.5) is 0 Å².